The Morgan fingerprint density at radius 3 is 2.82 bits per heavy atom. The highest BCUT2D eigenvalue weighted by atomic mass is 16.5. The van der Waals surface area contributed by atoms with Crippen LogP contribution in [0.2, 0.25) is 0 Å². The predicted molar refractivity (Wildman–Crippen MR) is 116 cm³/mol. The summed E-state index contributed by atoms with van der Waals surface area (Å²) in [6.45, 7) is 7.26. The van der Waals surface area contributed by atoms with Gasteiger partial charge in [-0.25, -0.2) is 0 Å². The lowest BCUT2D eigenvalue weighted by Crippen LogP contribution is -2.42. The molecule has 1 aliphatic rings. The van der Waals surface area contributed by atoms with Crippen LogP contribution in [0.4, 0.5) is 0 Å². The quantitative estimate of drug-likeness (QED) is 0.635. The van der Waals surface area contributed by atoms with E-state index in [0.717, 1.165) is 35.5 Å². The van der Waals surface area contributed by atoms with Crippen LogP contribution in [-0.2, 0) is 4.79 Å². The minimum absolute atomic E-state index is 0.0129. The predicted octanol–water partition coefficient (Wildman–Crippen LogP) is 4.77. The molecule has 1 amide bonds. The second-order valence-corrected chi connectivity index (χ2v) is 7.73. The van der Waals surface area contributed by atoms with Crippen molar-refractivity contribution >= 4 is 16.7 Å². The lowest BCUT2D eigenvalue weighted by atomic mass is 10.00. The number of nitrogens with zero attached hydrogens (tertiary/aromatic N) is 1. The van der Waals surface area contributed by atoms with Crippen molar-refractivity contribution in [1.82, 2.24) is 10.2 Å². The number of amides is 1. The van der Waals surface area contributed by atoms with E-state index >= 15 is 0 Å². The number of carbonyl (C=O) groups excluding carboxylic acids is 1. The second kappa shape index (κ2) is 10.5. The summed E-state index contributed by atoms with van der Waals surface area (Å²) in [5.74, 6) is 0.764. The number of ether oxygens (including phenoxy) is 1. The van der Waals surface area contributed by atoms with Crippen LogP contribution in [0.15, 0.2) is 42.5 Å². The van der Waals surface area contributed by atoms with E-state index in [0.29, 0.717) is 13.0 Å². The normalized spacial score (nSPS) is 18.7. The molecule has 1 aliphatic heterocycles. The Balaban J connectivity index is 1.49. The topological polar surface area (TPSA) is 41.6 Å². The molecule has 152 valence electrons. The van der Waals surface area contributed by atoms with Gasteiger partial charge in [0.1, 0.15) is 5.75 Å². The summed E-state index contributed by atoms with van der Waals surface area (Å²) < 4.78 is 6.10. The lowest BCUT2D eigenvalue weighted by Gasteiger charge is -2.35. The van der Waals surface area contributed by atoms with Crippen LogP contribution in [0.1, 0.15) is 52.4 Å². The lowest BCUT2D eigenvalue weighted by molar-refractivity contribution is -0.128. The van der Waals surface area contributed by atoms with Gasteiger partial charge < -0.3 is 15.0 Å². The Bertz CT molecular complexity index is 756. The smallest absolute Gasteiger partial charge is 0.261 e. The maximum absolute atomic E-state index is 12.6. The van der Waals surface area contributed by atoms with E-state index in [9.17, 15) is 4.79 Å². The molecule has 2 atom stereocenters. The van der Waals surface area contributed by atoms with Gasteiger partial charge in [-0.2, -0.15) is 0 Å². The zero-order valence-electron chi connectivity index (χ0n) is 17.3. The number of likely N-dealkylation sites (tertiary alicyclic amines) is 1. The third kappa shape index (κ3) is 5.26. The molecule has 3 rings (SSSR count). The van der Waals surface area contributed by atoms with Crippen LogP contribution in [0, 0.1) is 0 Å². The maximum Gasteiger partial charge on any atom is 0.261 e. The second-order valence-electron chi connectivity index (χ2n) is 7.73. The fourth-order valence-corrected chi connectivity index (χ4v) is 4.20. The van der Waals surface area contributed by atoms with Gasteiger partial charge >= 0.3 is 0 Å². The van der Waals surface area contributed by atoms with Gasteiger partial charge in [0.2, 0.25) is 0 Å². The molecular formula is C24H34N2O2. The van der Waals surface area contributed by atoms with Gasteiger partial charge in [-0.3, -0.25) is 4.79 Å². The zero-order valence-corrected chi connectivity index (χ0v) is 17.3. The molecule has 4 heteroatoms. The van der Waals surface area contributed by atoms with E-state index in [4.69, 9.17) is 4.74 Å². The molecule has 4 nitrogen and oxygen atoms in total. The molecule has 2 aromatic carbocycles. The molecular weight excluding hydrogens is 348 g/mol. The highest BCUT2D eigenvalue weighted by Gasteiger charge is 2.21. The van der Waals surface area contributed by atoms with Crippen LogP contribution in [0.3, 0.4) is 0 Å². The molecule has 0 saturated carbocycles. The van der Waals surface area contributed by atoms with Crippen molar-refractivity contribution in [1.29, 1.82) is 0 Å². The van der Waals surface area contributed by atoms with Crippen LogP contribution in [-0.4, -0.2) is 42.6 Å². The minimum atomic E-state index is -0.454. The van der Waals surface area contributed by atoms with Gasteiger partial charge in [-0.15, -0.1) is 0 Å². The first-order chi connectivity index (χ1) is 13.7. The van der Waals surface area contributed by atoms with Gasteiger partial charge in [0.15, 0.2) is 6.10 Å². The van der Waals surface area contributed by atoms with Crippen molar-refractivity contribution in [3.05, 3.63) is 42.5 Å². The van der Waals surface area contributed by atoms with Crippen LogP contribution in [0.5, 0.6) is 5.75 Å². The number of carbonyl (C=O) groups is 1. The van der Waals surface area contributed by atoms with E-state index in [1.165, 1.54) is 32.2 Å². The van der Waals surface area contributed by atoms with Crippen molar-refractivity contribution in [3.8, 4) is 5.75 Å². The minimum Gasteiger partial charge on any atom is -0.480 e. The summed E-state index contributed by atoms with van der Waals surface area (Å²) in [5, 5.41) is 5.26. The number of hydrogen-bond donors (Lipinski definition) is 1. The standard InChI is InChI=1S/C24H34N2O2/c1-3-20-13-7-8-17-26(20)18-10-16-25-24(27)22(4-2)28-23-15-9-12-19-11-5-6-14-21(19)23/h5-6,9,11-12,14-15,20,22H,3-4,7-8,10,13,16-18H2,1-2H3,(H,25,27)/t20-,22+/m0/s1. The molecule has 28 heavy (non-hydrogen) atoms. The van der Waals surface area contributed by atoms with E-state index < -0.39 is 6.10 Å². The molecule has 1 fully saturated rings. The molecule has 1 heterocycles. The first-order valence-electron chi connectivity index (χ1n) is 10.9. The first-order valence-corrected chi connectivity index (χ1v) is 10.9. The highest BCUT2D eigenvalue weighted by molar-refractivity contribution is 5.89. The van der Waals surface area contributed by atoms with Crippen LogP contribution >= 0.6 is 0 Å². The molecule has 0 aromatic heterocycles. The maximum atomic E-state index is 12.6. The Labute approximate surface area is 169 Å². The molecule has 0 unspecified atom stereocenters. The summed E-state index contributed by atoms with van der Waals surface area (Å²) in [4.78, 5) is 15.2. The number of hydrogen-bond acceptors (Lipinski definition) is 3. The van der Waals surface area contributed by atoms with Crippen molar-refractivity contribution < 1.29 is 9.53 Å². The average molecular weight is 383 g/mol. The monoisotopic (exact) mass is 382 g/mol. The third-order valence-electron chi connectivity index (χ3n) is 5.82. The Kier molecular flexibility index (Phi) is 7.72. The van der Waals surface area contributed by atoms with E-state index in [-0.39, 0.29) is 5.91 Å². The van der Waals surface area contributed by atoms with Gasteiger partial charge in [-0.1, -0.05) is 56.7 Å². The first kappa shape index (κ1) is 20.7. The van der Waals surface area contributed by atoms with Crippen molar-refractivity contribution in [3.63, 3.8) is 0 Å². The van der Waals surface area contributed by atoms with E-state index in [1.54, 1.807) is 0 Å². The Morgan fingerprint density at radius 1 is 1.18 bits per heavy atom. The summed E-state index contributed by atoms with van der Waals surface area (Å²) in [5.41, 5.74) is 0. The number of nitrogens with one attached hydrogen (secondary N) is 1. The molecule has 2 aromatic rings. The third-order valence-corrected chi connectivity index (χ3v) is 5.82. The van der Waals surface area contributed by atoms with Crippen molar-refractivity contribution in [2.75, 3.05) is 19.6 Å². The summed E-state index contributed by atoms with van der Waals surface area (Å²) >= 11 is 0. The Hall–Kier alpha value is -2.07. The largest absolute Gasteiger partial charge is 0.480 e. The van der Waals surface area contributed by atoms with Crippen molar-refractivity contribution in [2.45, 2.75) is 64.5 Å². The average Bonchev–Trinajstić information content (AvgIpc) is 2.75. The number of benzene rings is 2. The van der Waals surface area contributed by atoms with Crippen LogP contribution in [0.25, 0.3) is 10.8 Å². The van der Waals surface area contributed by atoms with Gasteiger partial charge in [0.25, 0.3) is 5.91 Å². The number of piperidine rings is 1. The molecule has 0 spiro atoms. The molecule has 0 radical (unpaired) electrons. The van der Waals surface area contributed by atoms with E-state index in [1.807, 2.05) is 37.3 Å². The number of fused-ring (bicyclic) bond motifs is 1. The molecule has 0 bridgehead atoms. The fourth-order valence-electron chi connectivity index (χ4n) is 4.20. The Morgan fingerprint density at radius 2 is 2.00 bits per heavy atom. The zero-order chi connectivity index (χ0) is 19.8. The summed E-state index contributed by atoms with van der Waals surface area (Å²) in [6.07, 6.45) is 6.40. The van der Waals surface area contributed by atoms with Crippen molar-refractivity contribution in [2.24, 2.45) is 0 Å². The van der Waals surface area contributed by atoms with Gasteiger partial charge in [-0.05, 0) is 50.1 Å². The molecule has 1 saturated heterocycles. The molecule has 1 N–H and O–H groups in total. The summed E-state index contributed by atoms with van der Waals surface area (Å²) in [7, 11) is 0. The van der Waals surface area contributed by atoms with Gasteiger partial charge in [0, 0.05) is 24.5 Å². The van der Waals surface area contributed by atoms with Gasteiger partial charge in [0.05, 0.1) is 0 Å². The number of rotatable bonds is 9. The van der Waals surface area contributed by atoms with E-state index in [2.05, 4.69) is 29.3 Å². The molecule has 0 aliphatic carbocycles. The van der Waals surface area contributed by atoms with Crippen LogP contribution < -0.4 is 10.1 Å². The fraction of sp³-hybridized carbons (Fsp3) is 0.542. The SMILES string of the molecule is CC[C@H]1CCCCN1CCCNC(=O)[C@@H](CC)Oc1cccc2ccccc12. The summed E-state index contributed by atoms with van der Waals surface area (Å²) in [6, 6.07) is 14.8. The highest BCUT2D eigenvalue weighted by Crippen LogP contribution is 2.26.